The Hall–Kier alpha value is -0.120. The number of likely N-dealkylation sites (N-methyl/N-ethyl adjacent to an activating group) is 1. The van der Waals surface area contributed by atoms with Crippen LogP contribution in [0.4, 0.5) is 0 Å². The van der Waals surface area contributed by atoms with Crippen molar-refractivity contribution in [2.24, 2.45) is 0 Å². The van der Waals surface area contributed by atoms with E-state index >= 15 is 0 Å². The molecule has 2 N–H and O–H groups in total. The highest BCUT2D eigenvalue weighted by atomic mass is 15.2. The van der Waals surface area contributed by atoms with Crippen molar-refractivity contribution in [3.63, 3.8) is 0 Å². The highest BCUT2D eigenvalue weighted by Crippen LogP contribution is 2.08. The fourth-order valence-electron chi connectivity index (χ4n) is 1.66. The average molecular weight is 185 g/mol. The molecule has 0 bridgehead atoms. The summed E-state index contributed by atoms with van der Waals surface area (Å²) >= 11 is 0. The molecule has 0 aromatic carbocycles. The maximum atomic E-state index is 3.52. The quantitative estimate of drug-likeness (QED) is 0.558. The Morgan fingerprint density at radius 3 is 2.69 bits per heavy atom. The van der Waals surface area contributed by atoms with Crippen molar-refractivity contribution < 1.29 is 0 Å². The van der Waals surface area contributed by atoms with Crippen LogP contribution in [0.1, 0.15) is 19.8 Å². The third kappa shape index (κ3) is 4.07. The molecule has 0 amide bonds. The topological polar surface area (TPSA) is 27.3 Å². The zero-order valence-corrected chi connectivity index (χ0v) is 8.97. The minimum Gasteiger partial charge on any atom is -0.318 e. The van der Waals surface area contributed by atoms with E-state index in [4.69, 9.17) is 0 Å². The maximum absolute atomic E-state index is 3.52. The summed E-state index contributed by atoms with van der Waals surface area (Å²) < 4.78 is 0. The summed E-state index contributed by atoms with van der Waals surface area (Å²) in [5.41, 5.74) is 0. The van der Waals surface area contributed by atoms with Crippen LogP contribution in [0, 0.1) is 0 Å². The first kappa shape index (κ1) is 11.0. The predicted molar refractivity (Wildman–Crippen MR) is 57.1 cm³/mol. The van der Waals surface area contributed by atoms with Gasteiger partial charge in [0.25, 0.3) is 0 Å². The molecule has 1 fully saturated rings. The van der Waals surface area contributed by atoms with Gasteiger partial charge in [0, 0.05) is 32.2 Å². The Labute approximate surface area is 81.9 Å². The number of unbranched alkanes of at least 4 members (excludes halogenated alkanes) is 1. The van der Waals surface area contributed by atoms with Crippen molar-refractivity contribution in [1.29, 1.82) is 0 Å². The molecule has 0 spiro atoms. The number of likely N-dealkylation sites (tertiary alicyclic amines) is 1. The van der Waals surface area contributed by atoms with Crippen molar-refractivity contribution in [3.05, 3.63) is 0 Å². The predicted octanol–water partition coefficient (Wildman–Crippen LogP) is 0.280. The summed E-state index contributed by atoms with van der Waals surface area (Å²) in [5.74, 6) is 0. The van der Waals surface area contributed by atoms with Crippen LogP contribution in [-0.4, -0.2) is 50.7 Å². The highest BCUT2D eigenvalue weighted by molar-refractivity contribution is 4.85. The Balaban J connectivity index is 1.87. The summed E-state index contributed by atoms with van der Waals surface area (Å²) in [7, 11) is 2.00. The lowest BCUT2D eigenvalue weighted by Gasteiger charge is -2.39. The SMILES string of the molecule is CCCCN1CC(NCCNC)C1. The summed E-state index contributed by atoms with van der Waals surface area (Å²) in [6, 6.07) is 0.755. The van der Waals surface area contributed by atoms with E-state index in [0.717, 1.165) is 19.1 Å². The summed E-state index contributed by atoms with van der Waals surface area (Å²) in [6.45, 7) is 8.23. The third-order valence-electron chi connectivity index (χ3n) is 2.59. The van der Waals surface area contributed by atoms with Crippen LogP contribution < -0.4 is 10.6 Å². The van der Waals surface area contributed by atoms with Crippen LogP contribution in [0.5, 0.6) is 0 Å². The molecule has 1 aliphatic rings. The lowest BCUT2D eigenvalue weighted by atomic mass is 10.1. The van der Waals surface area contributed by atoms with Crippen molar-refractivity contribution in [2.75, 3.05) is 39.8 Å². The van der Waals surface area contributed by atoms with E-state index in [1.807, 2.05) is 7.05 Å². The minimum absolute atomic E-state index is 0.755. The molecule has 0 saturated carbocycles. The lowest BCUT2D eigenvalue weighted by Crippen LogP contribution is -2.58. The minimum atomic E-state index is 0.755. The van der Waals surface area contributed by atoms with Gasteiger partial charge < -0.3 is 15.5 Å². The van der Waals surface area contributed by atoms with Gasteiger partial charge in [0.05, 0.1) is 0 Å². The van der Waals surface area contributed by atoms with Crippen LogP contribution >= 0.6 is 0 Å². The standard InChI is InChI=1S/C10H23N3/c1-3-4-7-13-8-10(9-13)12-6-5-11-2/h10-12H,3-9H2,1-2H3. The molecule has 1 aliphatic heterocycles. The number of hydrogen-bond acceptors (Lipinski definition) is 3. The van der Waals surface area contributed by atoms with E-state index in [-0.39, 0.29) is 0 Å². The summed E-state index contributed by atoms with van der Waals surface area (Å²) in [6.07, 6.45) is 2.66. The van der Waals surface area contributed by atoms with Crippen LogP contribution in [0.3, 0.4) is 0 Å². The van der Waals surface area contributed by atoms with Gasteiger partial charge in [-0.15, -0.1) is 0 Å². The fraction of sp³-hybridized carbons (Fsp3) is 1.00. The molecule has 0 aromatic heterocycles. The maximum Gasteiger partial charge on any atom is 0.0323 e. The van der Waals surface area contributed by atoms with Crippen molar-refractivity contribution >= 4 is 0 Å². The monoisotopic (exact) mass is 185 g/mol. The van der Waals surface area contributed by atoms with Crippen LogP contribution in [-0.2, 0) is 0 Å². The summed E-state index contributed by atoms with van der Waals surface area (Å²) in [4.78, 5) is 2.53. The Bertz CT molecular complexity index is 121. The Morgan fingerprint density at radius 2 is 2.08 bits per heavy atom. The van der Waals surface area contributed by atoms with E-state index in [1.165, 1.54) is 32.5 Å². The first-order chi connectivity index (χ1) is 6.36. The molecule has 1 rings (SSSR count). The third-order valence-corrected chi connectivity index (χ3v) is 2.59. The van der Waals surface area contributed by atoms with Crippen molar-refractivity contribution in [2.45, 2.75) is 25.8 Å². The summed E-state index contributed by atoms with van der Waals surface area (Å²) in [5, 5.41) is 6.66. The zero-order chi connectivity index (χ0) is 9.52. The van der Waals surface area contributed by atoms with E-state index in [1.54, 1.807) is 0 Å². The molecule has 1 saturated heterocycles. The molecule has 0 aromatic rings. The van der Waals surface area contributed by atoms with E-state index < -0.39 is 0 Å². The molecule has 78 valence electrons. The molecule has 0 radical (unpaired) electrons. The van der Waals surface area contributed by atoms with Gasteiger partial charge in [-0.05, 0) is 20.0 Å². The van der Waals surface area contributed by atoms with Crippen LogP contribution in [0.2, 0.25) is 0 Å². The number of nitrogens with one attached hydrogen (secondary N) is 2. The average Bonchev–Trinajstić information content (AvgIpc) is 2.07. The Kier molecular flexibility index (Phi) is 5.35. The van der Waals surface area contributed by atoms with Gasteiger partial charge in [0.1, 0.15) is 0 Å². The molecular weight excluding hydrogens is 162 g/mol. The first-order valence-electron chi connectivity index (χ1n) is 5.47. The molecule has 0 aliphatic carbocycles. The van der Waals surface area contributed by atoms with Crippen molar-refractivity contribution in [1.82, 2.24) is 15.5 Å². The van der Waals surface area contributed by atoms with Gasteiger partial charge in [0.2, 0.25) is 0 Å². The number of hydrogen-bond donors (Lipinski definition) is 2. The van der Waals surface area contributed by atoms with Gasteiger partial charge in [-0.1, -0.05) is 13.3 Å². The van der Waals surface area contributed by atoms with E-state index in [2.05, 4.69) is 22.5 Å². The number of nitrogens with zero attached hydrogens (tertiary/aromatic N) is 1. The van der Waals surface area contributed by atoms with Gasteiger partial charge in [-0.25, -0.2) is 0 Å². The molecule has 3 nitrogen and oxygen atoms in total. The smallest absolute Gasteiger partial charge is 0.0323 e. The van der Waals surface area contributed by atoms with Gasteiger partial charge in [-0.3, -0.25) is 0 Å². The largest absolute Gasteiger partial charge is 0.318 e. The molecule has 13 heavy (non-hydrogen) atoms. The molecular formula is C10H23N3. The fourth-order valence-corrected chi connectivity index (χ4v) is 1.66. The zero-order valence-electron chi connectivity index (χ0n) is 8.97. The molecule has 0 atom stereocenters. The highest BCUT2D eigenvalue weighted by Gasteiger charge is 2.24. The Morgan fingerprint density at radius 1 is 1.31 bits per heavy atom. The second-order valence-corrected chi connectivity index (χ2v) is 3.87. The van der Waals surface area contributed by atoms with E-state index in [0.29, 0.717) is 0 Å². The second-order valence-electron chi connectivity index (χ2n) is 3.87. The van der Waals surface area contributed by atoms with Crippen LogP contribution in [0.25, 0.3) is 0 Å². The molecule has 3 heteroatoms. The molecule has 0 unspecified atom stereocenters. The lowest BCUT2D eigenvalue weighted by molar-refractivity contribution is 0.125. The molecule has 1 heterocycles. The first-order valence-corrected chi connectivity index (χ1v) is 5.47. The van der Waals surface area contributed by atoms with Crippen LogP contribution in [0.15, 0.2) is 0 Å². The van der Waals surface area contributed by atoms with E-state index in [9.17, 15) is 0 Å². The number of rotatable bonds is 7. The van der Waals surface area contributed by atoms with Gasteiger partial charge in [-0.2, -0.15) is 0 Å². The normalized spacial score (nSPS) is 18.9. The van der Waals surface area contributed by atoms with Gasteiger partial charge in [0.15, 0.2) is 0 Å². The van der Waals surface area contributed by atoms with Gasteiger partial charge >= 0.3 is 0 Å². The second kappa shape index (κ2) is 6.35. The van der Waals surface area contributed by atoms with Crippen molar-refractivity contribution in [3.8, 4) is 0 Å².